The summed E-state index contributed by atoms with van der Waals surface area (Å²) >= 11 is 0. The molecule has 17 nitrogen and oxygen atoms in total. The molecule has 4 rings (SSSR count). The average molecular weight is 652 g/mol. The molecular weight excluding hydrogens is 613 g/mol. The maximum atomic E-state index is 14.2. The van der Waals surface area contributed by atoms with Gasteiger partial charge in [0.25, 0.3) is 0 Å². The van der Waals surface area contributed by atoms with Gasteiger partial charge in [0.15, 0.2) is 17.7 Å². The zero-order valence-electron chi connectivity index (χ0n) is 25.3. The van der Waals surface area contributed by atoms with Gasteiger partial charge in [-0.1, -0.05) is 18.2 Å². The summed E-state index contributed by atoms with van der Waals surface area (Å²) in [6, 6.07) is 5.41. The van der Waals surface area contributed by atoms with Crippen LogP contribution < -0.4 is 21.1 Å². The second-order valence-electron chi connectivity index (χ2n) is 10.4. The highest BCUT2D eigenvalue weighted by Gasteiger charge is 2.54. The van der Waals surface area contributed by atoms with Gasteiger partial charge < -0.3 is 40.4 Å². The number of imidazole rings is 1. The van der Waals surface area contributed by atoms with Crippen LogP contribution in [0.15, 0.2) is 30.6 Å². The molecule has 3 heterocycles. The first-order valence-corrected chi connectivity index (χ1v) is 15.8. The third kappa shape index (κ3) is 7.69. The van der Waals surface area contributed by atoms with Gasteiger partial charge in [0.05, 0.1) is 26.1 Å². The van der Waals surface area contributed by atoms with E-state index in [0.717, 1.165) is 0 Å². The summed E-state index contributed by atoms with van der Waals surface area (Å²) in [7, 11) is -4.43. The third-order valence-electron chi connectivity index (χ3n) is 6.97. The highest BCUT2D eigenvalue weighted by Crippen LogP contribution is 2.48. The van der Waals surface area contributed by atoms with Crippen molar-refractivity contribution in [2.75, 3.05) is 31.3 Å². The number of carbonyl (C=O) groups excluding carboxylic acids is 2. The zero-order chi connectivity index (χ0) is 32.9. The number of hydrogen-bond donors (Lipinski definition) is 5. The molecule has 1 aliphatic heterocycles. The smallest absolute Gasteiger partial charge is 0.459 e. The lowest BCUT2D eigenvalue weighted by Gasteiger charge is -2.27. The van der Waals surface area contributed by atoms with Gasteiger partial charge >= 0.3 is 19.7 Å². The monoisotopic (exact) mass is 651 g/mol. The van der Waals surface area contributed by atoms with E-state index < -0.39 is 56.4 Å². The predicted molar refractivity (Wildman–Crippen MR) is 160 cm³/mol. The Kier molecular flexibility index (Phi) is 10.6. The lowest BCUT2D eigenvalue weighted by atomic mass is 9.96. The molecule has 6 atom stereocenters. The summed E-state index contributed by atoms with van der Waals surface area (Å²) in [5.41, 5.74) is 10.6. The molecule has 246 valence electrons. The molecule has 3 aromatic rings. The van der Waals surface area contributed by atoms with Crippen LogP contribution in [0.25, 0.3) is 11.2 Å². The quantitative estimate of drug-likeness (QED) is 0.122. The van der Waals surface area contributed by atoms with Crippen LogP contribution >= 0.6 is 7.75 Å². The normalized spacial score (nSPS) is 23.4. The van der Waals surface area contributed by atoms with Crippen molar-refractivity contribution in [3.05, 3.63) is 36.2 Å². The van der Waals surface area contributed by atoms with Gasteiger partial charge in [0, 0.05) is 6.42 Å². The molecule has 1 unspecified atom stereocenters. The Labute approximate surface area is 258 Å². The molecular formula is C27H38N7O10P. The fraction of sp³-hybridized carbons (Fsp3) is 0.519. The Morgan fingerprint density at radius 2 is 1.91 bits per heavy atom. The zero-order valence-corrected chi connectivity index (χ0v) is 26.2. The first-order chi connectivity index (χ1) is 21.3. The minimum atomic E-state index is -4.43. The number of aromatic nitrogens is 4. The maximum Gasteiger partial charge on any atom is 0.459 e. The summed E-state index contributed by atoms with van der Waals surface area (Å²) in [6.45, 7) is 5.81. The van der Waals surface area contributed by atoms with Crippen molar-refractivity contribution in [3.8, 4) is 5.75 Å². The highest BCUT2D eigenvalue weighted by molar-refractivity contribution is 7.52. The number of anilines is 2. The molecule has 0 aliphatic carbocycles. The van der Waals surface area contributed by atoms with Gasteiger partial charge in [-0.2, -0.15) is 15.1 Å². The van der Waals surface area contributed by atoms with E-state index in [1.54, 1.807) is 32.0 Å². The second kappa shape index (κ2) is 14.1. The van der Waals surface area contributed by atoms with Crippen LogP contribution in [0.3, 0.4) is 0 Å². The molecule has 1 aromatic carbocycles. The van der Waals surface area contributed by atoms with Crippen LogP contribution in [0.5, 0.6) is 5.75 Å². The molecule has 1 fully saturated rings. The van der Waals surface area contributed by atoms with E-state index in [0.29, 0.717) is 5.56 Å². The van der Waals surface area contributed by atoms with Gasteiger partial charge in [-0.05, 0) is 45.7 Å². The van der Waals surface area contributed by atoms with Crippen LogP contribution in [0.2, 0.25) is 0 Å². The third-order valence-corrected chi connectivity index (χ3v) is 8.60. The number of para-hydroxylation sites is 1. The van der Waals surface area contributed by atoms with Crippen LogP contribution in [0.1, 0.15) is 45.9 Å². The fourth-order valence-electron chi connectivity index (χ4n) is 4.72. The van der Waals surface area contributed by atoms with Gasteiger partial charge in [0.1, 0.15) is 35.1 Å². The Hall–Kier alpha value is -3.86. The lowest BCUT2D eigenvalue weighted by molar-refractivity contribution is -0.145. The molecule has 1 saturated heterocycles. The number of nitrogens with two attached hydrogens (primary N) is 2. The van der Waals surface area contributed by atoms with Crippen molar-refractivity contribution in [3.63, 3.8) is 0 Å². The topological polar surface area (TPSA) is 245 Å². The van der Waals surface area contributed by atoms with E-state index in [-0.39, 0.29) is 54.7 Å². The Morgan fingerprint density at radius 3 is 2.62 bits per heavy atom. The lowest BCUT2D eigenvalue weighted by Crippen LogP contribution is -2.44. The average Bonchev–Trinajstić information content (AvgIpc) is 3.49. The number of nitrogen functional groups attached to an aromatic ring is 2. The van der Waals surface area contributed by atoms with Gasteiger partial charge in [-0.3, -0.25) is 18.7 Å². The van der Waals surface area contributed by atoms with E-state index >= 15 is 0 Å². The first-order valence-electron chi connectivity index (χ1n) is 14.2. The molecule has 0 bridgehead atoms. The van der Waals surface area contributed by atoms with Crippen molar-refractivity contribution < 1.29 is 47.6 Å². The molecule has 1 aliphatic rings. The van der Waals surface area contributed by atoms with E-state index in [9.17, 15) is 24.4 Å². The summed E-state index contributed by atoms with van der Waals surface area (Å²) in [5, 5.41) is 24.9. The van der Waals surface area contributed by atoms with E-state index in [2.05, 4.69) is 20.0 Å². The van der Waals surface area contributed by atoms with Gasteiger partial charge in [0.2, 0.25) is 5.95 Å². The number of aliphatic hydroxyl groups is 2. The van der Waals surface area contributed by atoms with Gasteiger partial charge in [-0.25, -0.2) is 9.55 Å². The van der Waals surface area contributed by atoms with E-state index in [4.69, 9.17) is 34.7 Å². The number of benzene rings is 1. The Bertz CT molecular complexity index is 1570. The Morgan fingerprint density at radius 1 is 1.20 bits per heavy atom. The van der Waals surface area contributed by atoms with Crippen molar-refractivity contribution in [2.45, 2.75) is 70.6 Å². The second-order valence-corrected chi connectivity index (χ2v) is 12.1. The Balaban J connectivity index is 1.57. The molecule has 0 radical (unpaired) electrons. The van der Waals surface area contributed by atoms with Crippen molar-refractivity contribution >= 4 is 42.6 Å². The standard InChI is InChI=1S/C27H38N7O10P/c1-5-40-19(35)12-11-16-9-7-8-10-17(16)44-45(39,33-15(3)24(37)41-6-2)42-13-18-21(36)27(4,38)25(43-18)34-14-30-20-22(28)31-26(29)32-23(20)34/h7-10,14-15,18,21,25,36,38H,5-6,11-13H2,1-4H3,(H,33,39)(H4,28,29,31,32)/t15-,18+,21-,25+,27+,45?/m0/s1. The number of esters is 2. The van der Waals surface area contributed by atoms with Crippen molar-refractivity contribution in [2.24, 2.45) is 0 Å². The van der Waals surface area contributed by atoms with Gasteiger partial charge in [-0.15, -0.1) is 0 Å². The number of ether oxygens (including phenoxy) is 3. The number of hydrogen-bond acceptors (Lipinski definition) is 15. The molecule has 45 heavy (non-hydrogen) atoms. The molecule has 0 spiro atoms. The molecule has 0 amide bonds. The van der Waals surface area contributed by atoms with Crippen LogP contribution in [-0.2, 0) is 39.3 Å². The number of carbonyl (C=O) groups is 2. The number of nitrogens with zero attached hydrogens (tertiary/aromatic N) is 4. The number of rotatable bonds is 14. The van der Waals surface area contributed by atoms with Crippen LogP contribution in [0, 0.1) is 0 Å². The maximum absolute atomic E-state index is 14.2. The van der Waals surface area contributed by atoms with Crippen LogP contribution in [0.4, 0.5) is 11.8 Å². The van der Waals surface area contributed by atoms with Crippen LogP contribution in [-0.4, -0.2) is 85.3 Å². The molecule has 7 N–H and O–H groups in total. The van der Waals surface area contributed by atoms with E-state index in [1.165, 1.54) is 30.8 Å². The summed E-state index contributed by atoms with van der Waals surface area (Å²) in [4.78, 5) is 36.5. The summed E-state index contributed by atoms with van der Waals surface area (Å²) in [5.74, 6) is -1.14. The largest absolute Gasteiger partial charge is 0.466 e. The molecule has 18 heteroatoms. The van der Waals surface area contributed by atoms with Crippen molar-refractivity contribution in [1.29, 1.82) is 0 Å². The summed E-state index contributed by atoms with van der Waals surface area (Å²) in [6.07, 6.45) is -2.53. The number of fused-ring (bicyclic) bond motifs is 1. The van der Waals surface area contributed by atoms with Crippen molar-refractivity contribution in [1.82, 2.24) is 24.6 Å². The number of nitrogens with one attached hydrogen (secondary N) is 1. The molecule has 2 aromatic heterocycles. The minimum Gasteiger partial charge on any atom is -0.466 e. The molecule has 0 saturated carbocycles. The SMILES string of the molecule is CCOC(=O)CCc1ccccc1OP(=O)(N[C@@H](C)C(=O)OCC)OC[C@H]1O[C@@H](n2cnc3c(N)nc(N)nc32)[C@](C)(O)[C@H]1O. The summed E-state index contributed by atoms with van der Waals surface area (Å²) < 4.78 is 43.1. The predicted octanol–water partition coefficient (Wildman–Crippen LogP) is 1.24. The number of aryl methyl sites for hydroxylation is 1. The first kappa shape index (κ1) is 34.0. The highest BCUT2D eigenvalue weighted by atomic mass is 31.2. The van der Waals surface area contributed by atoms with E-state index in [1.807, 2.05) is 0 Å². The fourth-order valence-corrected chi connectivity index (χ4v) is 6.26. The minimum absolute atomic E-state index is 0.0109. The number of aliphatic hydroxyl groups excluding tert-OH is 1.